The zero-order chi connectivity index (χ0) is 14.0. The van der Waals surface area contributed by atoms with E-state index < -0.39 is 22.2 Å². The first-order chi connectivity index (χ1) is 8.97. The molecule has 1 aromatic carbocycles. The molecule has 0 spiro atoms. The van der Waals surface area contributed by atoms with Crippen molar-refractivity contribution < 1.29 is 13.7 Å². The van der Waals surface area contributed by atoms with Crippen molar-refractivity contribution in [3.63, 3.8) is 0 Å². The first-order valence-electron chi connectivity index (χ1n) is 6.06. The Balaban J connectivity index is 2.14. The molecule has 0 atom stereocenters. The highest BCUT2D eigenvalue weighted by Crippen LogP contribution is 2.26. The summed E-state index contributed by atoms with van der Waals surface area (Å²) in [5.41, 5.74) is -0.857. The summed E-state index contributed by atoms with van der Waals surface area (Å²) in [7, 11) is 1.99. The van der Waals surface area contributed by atoms with E-state index in [4.69, 9.17) is 0 Å². The zero-order valence-corrected chi connectivity index (χ0v) is 10.5. The molecule has 1 aromatic rings. The van der Waals surface area contributed by atoms with Crippen molar-refractivity contribution in [2.24, 2.45) is 0 Å². The predicted molar refractivity (Wildman–Crippen MR) is 67.2 cm³/mol. The summed E-state index contributed by atoms with van der Waals surface area (Å²) in [6, 6.07) is 1.46. The molecular formula is C12H15F2N3O2. The number of nitro groups is 1. The lowest BCUT2D eigenvalue weighted by atomic mass is 10.0. The zero-order valence-electron chi connectivity index (χ0n) is 10.5. The molecule has 1 fully saturated rings. The van der Waals surface area contributed by atoms with Crippen LogP contribution in [0.15, 0.2) is 12.1 Å². The van der Waals surface area contributed by atoms with Crippen LogP contribution < -0.4 is 5.32 Å². The molecule has 0 aromatic heterocycles. The summed E-state index contributed by atoms with van der Waals surface area (Å²) < 4.78 is 27.4. The van der Waals surface area contributed by atoms with Gasteiger partial charge in [0.25, 0.3) is 5.69 Å². The largest absolute Gasteiger partial charge is 0.377 e. The van der Waals surface area contributed by atoms with E-state index in [1.165, 1.54) is 0 Å². The smallest absolute Gasteiger partial charge is 0.275 e. The van der Waals surface area contributed by atoms with Gasteiger partial charge in [0.15, 0.2) is 11.6 Å². The number of hydrogen-bond acceptors (Lipinski definition) is 4. The van der Waals surface area contributed by atoms with Crippen LogP contribution in [-0.2, 0) is 0 Å². The van der Waals surface area contributed by atoms with Crippen LogP contribution >= 0.6 is 0 Å². The Bertz CT molecular complexity index is 465. The van der Waals surface area contributed by atoms with Gasteiger partial charge in [-0.3, -0.25) is 10.1 Å². The molecule has 1 heterocycles. The minimum atomic E-state index is -0.925. The Hall–Kier alpha value is -1.76. The van der Waals surface area contributed by atoms with Crippen LogP contribution in [0.4, 0.5) is 20.2 Å². The van der Waals surface area contributed by atoms with Gasteiger partial charge in [-0.05, 0) is 33.0 Å². The molecule has 0 amide bonds. The van der Waals surface area contributed by atoms with E-state index in [0.29, 0.717) is 0 Å². The van der Waals surface area contributed by atoms with E-state index in [1.807, 2.05) is 7.05 Å². The molecule has 5 nitrogen and oxygen atoms in total. The van der Waals surface area contributed by atoms with Crippen molar-refractivity contribution in [1.29, 1.82) is 0 Å². The molecule has 0 radical (unpaired) electrons. The SMILES string of the molecule is CN1CCC(Nc2c(F)cc([N+](=O)[O-])cc2F)CC1. The molecule has 7 heteroatoms. The second kappa shape index (κ2) is 5.48. The maximum absolute atomic E-state index is 13.7. The van der Waals surface area contributed by atoms with Crippen LogP contribution in [0.3, 0.4) is 0 Å². The first kappa shape index (κ1) is 13.7. The van der Waals surface area contributed by atoms with Crippen molar-refractivity contribution >= 4 is 11.4 Å². The molecule has 0 saturated carbocycles. The molecule has 0 bridgehead atoms. The average molecular weight is 271 g/mol. The van der Waals surface area contributed by atoms with Gasteiger partial charge in [-0.15, -0.1) is 0 Å². The normalized spacial score (nSPS) is 17.4. The van der Waals surface area contributed by atoms with Gasteiger partial charge in [0.1, 0.15) is 5.69 Å². The Labute approximate surface area is 109 Å². The predicted octanol–water partition coefficient (Wildman–Crippen LogP) is 2.38. The highest BCUT2D eigenvalue weighted by Gasteiger charge is 2.22. The molecule has 2 rings (SSSR count). The van der Waals surface area contributed by atoms with E-state index in [9.17, 15) is 18.9 Å². The molecule has 19 heavy (non-hydrogen) atoms. The summed E-state index contributed by atoms with van der Waals surface area (Å²) in [5.74, 6) is -1.85. The number of hydrogen-bond donors (Lipinski definition) is 1. The lowest BCUT2D eigenvalue weighted by Crippen LogP contribution is -2.37. The van der Waals surface area contributed by atoms with Gasteiger partial charge in [-0.1, -0.05) is 0 Å². The lowest BCUT2D eigenvalue weighted by molar-refractivity contribution is -0.385. The fraction of sp³-hybridized carbons (Fsp3) is 0.500. The Morgan fingerprint density at radius 3 is 2.32 bits per heavy atom. The number of likely N-dealkylation sites (tertiary alicyclic amines) is 1. The van der Waals surface area contributed by atoms with Crippen molar-refractivity contribution in [3.8, 4) is 0 Å². The van der Waals surface area contributed by atoms with Crippen molar-refractivity contribution in [3.05, 3.63) is 33.9 Å². The number of piperidine rings is 1. The molecular weight excluding hydrogens is 256 g/mol. The monoisotopic (exact) mass is 271 g/mol. The Morgan fingerprint density at radius 1 is 1.32 bits per heavy atom. The Morgan fingerprint density at radius 2 is 1.84 bits per heavy atom. The van der Waals surface area contributed by atoms with E-state index in [0.717, 1.165) is 38.1 Å². The summed E-state index contributed by atoms with van der Waals surface area (Å²) in [5, 5.41) is 13.3. The summed E-state index contributed by atoms with van der Waals surface area (Å²) in [6.07, 6.45) is 1.57. The quantitative estimate of drug-likeness (QED) is 0.677. The average Bonchev–Trinajstić information content (AvgIpc) is 2.35. The number of nitrogens with zero attached hydrogens (tertiary/aromatic N) is 2. The summed E-state index contributed by atoms with van der Waals surface area (Å²) in [6.45, 7) is 1.71. The van der Waals surface area contributed by atoms with Gasteiger partial charge in [-0.25, -0.2) is 8.78 Å². The third-order valence-electron chi connectivity index (χ3n) is 3.30. The van der Waals surface area contributed by atoms with Crippen LogP contribution in [-0.4, -0.2) is 36.0 Å². The van der Waals surface area contributed by atoms with Crippen LogP contribution in [0.25, 0.3) is 0 Å². The standard InChI is InChI=1S/C12H15F2N3O2/c1-16-4-2-8(3-5-16)15-12-10(13)6-9(17(18)19)7-11(12)14/h6-8,15H,2-5H2,1H3. The van der Waals surface area contributed by atoms with Crippen LogP contribution in [0.1, 0.15) is 12.8 Å². The minimum absolute atomic E-state index is 0.0124. The van der Waals surface area contributed by atoms with Crippen molar-refractivity contribution in [2.75, 3.05) is 25.5 Å². The van der Waals surface area contributed by atoms with Gasteiger partial charge in [0.05, 0.1) is 17.1 Å². The van der Waals surface area contributed by atoms with E-state index in [2.05, 4.69) is 10.2 Å². The molecule has 1 saturated heterocycles. The minimum Gasteiger partial charge on any atom is -0.377 e. The number of benzene rings is 1. The van der Waals surface area contributed by atoms with Gasteiger partial charge < -0.3 is 10.2 Å². The van der Waals surface area contributed by atoms with Crippen molar-refractivity contribution in [2.45, 2.75) is 18.9 Å². The van der Waals surface area contributed by atoms with Gasteiger partial charge in [-0.2, -0.15) is 0 Å². The van der Waals surface area contributed by atoms with Gasteiger partial charge >= 0.3 is 0 Å². The fourth-order valence-corrected chi connectivity index (χ4v) is 2.16. The molecule has 104 valence electrons. The number of nitrogens with one attached hydrogen (secondary N) is 1. The third kappa shape index (κ3) is 3.17. The number of halogens is 2. The molecule has 0 aliphatic carbocycles. The molecule has 0 unspecified atom stereocenters. The second-order valence-electron chi connectivity index (χ2n) is 4.76. The topological polar surface area (TPSA) is 58.4 Å². The fourth-order valence-electron chi connectivity index (χ4n) is 2.16. The van der Waals surface area contributed by atoms with Crippen LogP contribution in [0, 0.1) is 21.7 Å². The van der Waals surface area contributed by atoms with Crippen LogP contribution in [0.5, 0.6) is 0 Å². The molecule has 1 aliphatic heterocycles. The van der Waals surface area contributed by atoms with Gasteiger partial charge in [0.2, 0.25) is 0 Å². The number of nitro benzene ring substituents is 1. The third-order valence-corrected chi connectivity index (χ3v) is 3.30. The first-order valence-corrected chi connectivity index (χ1v) is 6.06. The van der Waals surface area contributed by atoms with Crippen molar-refractivity contribution in [1.82, 2.24) is 4.90 Å². The van der Waals surface area contributed by atoms with E-state index in [1.54, 1.807) is 0 Å². The number of non-ortho nitro benzene ring substituents is 1. The Kier molecular flexibility index (Phi) is 3.94. The molecule has 1 aliphatic rings. The van der Waals surface area contributed by atoms with Gasteiger partial charge in [0, 0.05) is 6.04 Å². The number of rotatable bonds is 3. The summed E-state index contributed by atoms with van der Waals surface area (Å²) in [4.78, 5) is 11.8. The second-order valence-corrected chi connectivity index (χ2v) is 4.76. The van der Waals surface area contributed by atoms with E-state index >= 15 is 0 Å². The maximum atomic E-state index is 13.7. The lowest BCUT2D eigenvalue weighted by Gasteiger charge is -2.30. The molecule has 1 N–H and O–H groups in total. The summed E-state index contributed by atoms with van der Waals surface area (Å²) >= 11 is 0. The highest BCUT2D eigenvalue weighted by molar-refractivity contribution is 5.52. The maximum Gasteiger partial charge on any atom is 0.275 e. The highest BCUT2D eigenvalue weighted by atomic mass is 19.1. The van der Waals surface area contributed by atoms with E-state index in [-0.39, 0.29) is 11.7 Å². The van der Waals surface area contributed by atoms with Crippen LogP contribution in [0.2, 0.25) is 0 Å². The number of anilines is 1.